The Morgan fingerprint density at radius 1 is 1.19 bits per heavy atom. The molecule has 86 valence electrons. The van der Waals surface area contributed by atoms with E-state index in [1.54, 1.807) is 0 Å². The largest absolute Gasteiger partial charge is 0.508 e. The van der Waals surface area contributed by atoms with Crippen molar-refractivity contribution in [3.8, 4) is 5.75 Å². The van der Waals surface area contributed by atoms with Gasteiger partial charge in [0.05, 0.1) is 0 Å². The topological polar surface area (TPSA) is 44.8 Å². The lowest BCUT2D eigenvalue weighted by Crippen LogP contribution is -2.13. The smallest absolute Gasteiger partial charge is 0.490 e. The second-order valence-electron chi connectivity index (χ2n) is 2.86. The van der Waals surface area contributed by atoms with Crippen molar-refractivity contribution in [2.75, 3.05) is 19.8 Å². The van der Waals surface area contributed by atoms with Crippen molar-refractivity contribution in [2.45, 2.75) is 0 Å². The van der Waals surface area contributed by atoms with Gasteiger partial charge in [-0.1, -0.05) is 30.9 Å². The lowest BCUT2D eigenvalue weighted by Gasteiger charge is -2.06. The van der Waals surface area contributed by atoms with Crippen molar-refractivity contribution in [1.29, 1.82) is 0 Å². The van der Waals surface area contributed by atoms with Crippen molar-refractivity contribution in [3.05, 3.63) is 43.0 Å². The van der Waals surface area contributed by atoms with E-state index in [2.05, 4.69) is 11.3 Å². The van der Waals surface area contributed by atoms with E-state index < -0.39 is 6.16 Å². The molecule has 1 aromatic rings. The van der Waals surface area contributed by atoms with Gasteiger partial charge in [0.1, 0.15) is 25.6 Å². The second-order valence-corrected chi connectivity index (χ2v) is 2.86. The third-order valence-corrected chi connectivity index (χ3v) is 1.63. The van der Waals surface area contributed by atoms with Crippen molar-refractivity contribution in [1.82, 2.24) is 0 Å². The summed E-state index contributed by atoms with van der Waals surface area (Å²) < 4.78 is 14.6. The highest BCUT2D eigenvalue weighted by Gasteiger charge is 2.01. The molecular weight excluding hydrogens is 208 g/mol. The molecule has 1 rings (SSSR count). The van der Waals surface area contributed by atoms with Crippen LogP contribution in [0, 0.1) is 0 Å². The van der Waals surface area contributed by atoms with Gasteiger partial charge in [-0.25, -0.2) is 4.79 Å². The highest BCUT2D eigenvalue weighted by atomic mass is 16.7. The molecule has 0 radical (unpaired) electrons. The highest BCUT2D eigenvalue weighted by Crippen LogP contribution is 2.07. The van der Waals surface area contributed by atoms with Gasteiger partial charge in [0, 0.05) is 0 Å². The third kappa shape index (κ3) is 5.05. The van der Waals surface area contributed by atoms with Gasteiger partial charge in [-0.3, -0.25) is 0 Å². The zero-order valence-electron chi connectivity index (χ0n) is 8.93. The summed E-state index contributed by atoms with van der Waals surface area (Å²) in [6, 6.07) is 9.30. The van der Waals surface area contributed by atoms with Crippen LogP contribution in [-0.2, 0) is 9.47 Å². The van der Waals surface area contributed by atoms with Crippen LogP contribution in [0.3, 0.4) is 0 Å². The molecule has 0 heterocycles. The third-order valence-electron chi connectivity index (χ3n) is 1.63. The molecule has 0 N–H and O–H groups in total. The number of ether oxygens (including phenoxy) is 3. The average Bonchev–Trinajstić information content (AvgIpc) is 2.33. The fourth-order valence-electron chi connectivity index (χ4n) is 0.970. The standard InChI is InChI=1S/C12H14O4/c1-2-8-15-12(13)16-10-9-14-11-6-4-3-5-7-11/h2-7H,1,8-10H2. The lowest BCUT2D eigenvalue weighted by atomic mass is 10.3. The molecule has 0 atom stereocenters. The van der Waals surface area contributed by atoms with Crippen molar-refractivity contribution < 1.29 is 19.0 Å². The highest BCUT2D eigenvalue weighted by molar-refractivity contribution is 5.59. The maximum atomic E-state index is 10.9. The van der Waals surface area contributed by atoms with Gasteiger partial charge in [-0.15, -0.1) is 0 Å². The Balaban J connectivity index is 2.08. The number of rotatable bonds is 6. The Morgan fingerprint density at radius 3 is 2.62 bits per heavy atom. The van der Waals surface area contributed by atoms with E-state index in [1.165, 1.54) is 6.08 Å². The molecule has 0 spiro atoms. The summed E-state index contributed by atoms with van der Waals surface area (Å²) in [5, 5.41) is 0. The number of hydrogen-bond donors (Lipinski definition) is 0. The van der Waals surface area contributed by atoms with Gasteiger partial charge in [0.15, 0.2) is 0 Å². The van der Waals surface area contributed by atoms with Crippen LogP contribution < -0.4 is 4.74 Å². The Morgan fingerprint density at radius 2 is 1.94 bits per heavy atom. The summed E-state index contributed by atoms with van der Waals surface area (Å²) in [5.74, 6) is 0.741. The van der Waals surface area contributed by atoms with Crippen LogP contribution in [-0.4, -0.2) is 26.0 Å². The van der Waals surface area contributed by atoms with Gasteiger partial charge in [-0.2, -0.15) is 0 Å². The summed E-state index contributed by atoms with van der Waals surface area (Å²) in [7, 11) is 0. The number of hydrogen-bond acceptors (Lipinski definition) is 4. The molecule has 0 aromatic heterocycles. The summed E-state index contributed by atoms with van der Waals surface area (Å²) in [4.78, 5) is 10.9. The summed E-state index contributed by atoms with van der Waals surface area (Å²) in [6.07, 6.45) is 0.762. The molecule has 0 aliphatic rings. The van der Waals surface area contributed by atoms with E-state index in [1.807, 2.05) is 30.3 Å². The molecule has 0 bridgehead atoms. The average molecular weight is 222 g/mol. The number of carbonyl (C=O) groups excluding carboxylic acids is 1. The summed E-state index contributed by atoms with van der Waals surface area (Å²) in [5.41, 5.74) is 0. The first kappa shape index (κ1) is 12.1. The first-order valence-corrected chi connectivity index (χ1v) is 4.91. The van der Waals surface area contributed by atoms with Crippen LogP contribution in [0.1, 0.15) is 0 Å². The summed E-state index contributed by atoms with van der Waals surface area (Å²) in [6.45, 7) is 4.02. The molecule has 0 aliphatic carbocycles. The van der Waals surface area contributed by atoms with Gasteiger partial charge in [-0.05, 0) is 12.1 Å². The molecule has 0 unspecified atom stereocenters. The van der Waals surface area contributed by atoms with Crippen LogP contribution in [0.2, 0.25) is 0 Å². The molecule has 16 heavy (non-hydrogen) atoms. The Kier molecular flexibility index (Phi) is 5.55. The SMILES string of the molecule is C=CCOC(=O)OCCOc1ccccc1. The van der Waals surface area contributed by atoms with Crippen molar-refractivity contribution in [3.63, 3.8) is 0 Å². The molecule has 0 saturated heterocycles. The Bertz CT molecular complexity index is 321. The van der Waals surface area contributed by atoms with Crippen LogP contribution in [0.15, 0.2) is 43.0 Å². The Labute approximate surface area is 94.4 Å². The normalized spacial score (nSPS) is 9.25. The van der Waals surface area contributed by atoms with Crippen LogP contribution in [0.5, 0.6) is 5.75 Å². The van der Waals surface area contributed by atoms with Gasteiger partial charge in [0.2, 0.25) is 0 Å². The first-order chi connectivity index (χ1) is 7.83. The minimum Gasteiger partial charge on any atom is -0.490 e. The fourth-order valence-corrected chi connectivity index (χ4v) is 0.970. The number of benzene rings is 1. The van der Waals surface area contributed by atoms with Crippen LogP contribution in [0.25, 0.3) is 0 Å². The summed E-state index contributed by atoms with van der Waals surface area (Å²) >= 11 is 0. The van der Waals surface area contributed by atoms with E-state index in [4.69, 9.17) is 9.47 Å². The van der Waals surface area contributed by atoms with E-state index in [9.17, 15) is 4.79 Å². The maximum absolute atomic E-state index is 10.9. The van der Waals surface area contributed by atoms with Gasteiger partial charge in [0.25, 0.3) is 0 Å². The molecule has 0 amide bonds. The maximum Gasteiger partial charge on any atom is 0.508 e. The molecule has 4 heteroatoms. The minimum atomic E-state index is -0.712. The second kappa shape index (κ2) is 7.34. The molecule has 0 fully saturated rings. The molecule has 1 aromatic carbocycles. The van der Waals surface area contributed by atoms with Gasteiger partial charge >= 0.3 is 6.16 Å². The zero-order chi connectivity index (χ0) is 11.6. The van der Waals surface area contributed by atoms with Crippen LogP contribution >= 0.6 is 0 Å². The monoisotopic (exact) mass is 222 g/mol. The van der Waals surface area contributed by atoms with E-state index in [0.29, 0.717) is 6.61 Å². The van der Waals surface area contributed by atoms with Crippen molar-refractivity contribution >= 4 is 6.16 Å². The van der Waals surface area contributed by atoms with E-state index in [-0.39, 0.29) is 13.2 Å². The van der Waals surface area contributed by atoms with E-state index in [0.717, 1.165) is 5.75 Å². The van der Waals surface area contributed by atoms with Crippen LogP contribution in [0.4, 0.5) is 4.79 Å². The van der Waals surface area contributed by atoms with E-state index >= 15 is 0 Å². The predicted molar refractivity (Wildman–Crippen MR) is 59.4 cm³/mol. The molecular formula is C12H14O4. The Hall–Kier alpha value is -1.97. The fraction of sp³-hybridized carbons (Fsp3) is 0.250. The first-order valence-electron chi connectivity index (χ1n) is 4.91. The predicted octanol–water partition coefficient (Wildman–Crippen LogP) is 2.40. The van der Waals surface area contributed by atoms with Gasteiger partial charge < -0.3 is 14.2 Å². The number of carbonyl (C=O) groups is 1. The van der Waals surface area contributed by atoms with Crippen molar-refractivity contribution in [2.24, 2.45) is 0 Å². The molecule has 0 aliphatic heterocycles. The molecule has 4 nitrogen and oxygen atoms in total. The quantitative estimate of drug-likeness (QED) is 0.421. The lowest BCUT2D eigenvalue weighted by molar-refractivity contribution is 0.0533. The minimum absolute atomic E-state index is 0.151. The molecule has 0 saturated carbocycles. The number of para-hydroxylation sites is 1. The zero-order valence-corrected chi connectivity index (χ0v) is 8.93.